The zero-order chi connectivity index (χ0) is 8.53. The molecule has 0 bridgehead atoms. The number of rotatable bonds is 7. The first-order valence-electron chi connectivity index (χ1n) is 4.92. The fourth-order valence-corrected chi connectivity index (χ4v) is 1.29. The second-order valence-corrected chi connectivity index (χ2v) is 3.05. The van der Waals surface area contributed by atoms with Gasteiger partial charge in [-0.05, 0) is 19.3 Å². The van der Waals surface area contributed by atoms with Gasteiger partial charge in [-0.2, -0.15) is 0 Å². The zero-order valence-corrected chi connectivity index (χ0v) is 8.19. The monoisotopic (exact) mass is 156 g/mol. The molecule has 0 rings (SSSR count). The van der Waals surface area contributed by atoms with Crippen LogP contribution in [0.25, 0.3) is 0 Å². The van der Waals surface area contributed by atoms with E-state index in [9.17, 15) is 0 Å². The minimum atomic E-state index is 0.727. The van der Waals surface area contributed by atoms with Gasteiger partial charge in [0.05, 0.1) is 0 Å². The Morgan fingerprint density at radius 3 is 2.00 bits per heavy atom. The first kappa shape index (κ1) is 11.0. The summed E-state index contributed by atoms with van der Waals surface area (Å²) in [6.07, 6.45) is 6.32. The van der Waals surface area contributed by atoms with Crippen molar-refractivity contribution >= 4 is 0 Å². The molecule has 0 spiro atoms. The Labute approximate surface area is 71.6 Å². The molecule has 0 aliphatic heterocycles. The highest BCUT2D eigenvalue weighted by Crippen LogP contribution is 2.04. The van der Waals surface area contributed by atoms with Crippen LogP contribution in [-0.4, -0.2) is 6.04 Å². The molecule has 11 heavy (non-hydrogen) atoms. The predicted octanol–water partition coefficient (Wildman–Crippen LogP) is 3.12. The van der Waals surface area contributed by atoms with Crippen LogP contribution < -0.4 is 5.32 Å². The normalized spacial score (nSPS) is 10.9. The molecular weight excluding hydrogens is 134 g/mol. The first-order valence-corrected chi connectivity index (χ1v) is 4.92. The Morgan fingerprint density at radius 2 is 1.64 bits per heavy atom. The Balaban J connectivity index is 3.34. The molecule has 0 amide bonds. The van der Waals surface area contributed by atoms with Crippen molar-refractivity contribution in [2.75, 3.05) is 0 Å². The summed E-state index contributed by atoms with van der Waals surface area (Å²) in [4.78, 5) is 0. The SMILES string of the molecule is CC[CH]NC(CCC)CCC. The minimum absolute atomic E-state index is 0.727. The average Bonchev–Trinajstić information content (AvgIpc) is 2.01. The predicted molar refractivity (Wildman–Crippen MR) is 51.3 cm³/mol. The van der Waals surface area contributed by atoms with E-state index in [1.54, 1.807) is 0 Å². The average molecular weight is 156 g/mol. The molecule has 0 fully saturated rings. The summed E-state index contributed by atoms with van der Waals surface area (Å²) in [6, 6.07) is 0.727. The lowest BCUT2D eigenvalue weighted by Crippen LogP contribution is -2.26. The van der Waals surface area contributed by atoms with Gasteiger partial charge < -0.3 is 5.32 Å². The van der Waals surface area contributed by atoms with Crippen LogP contribution in [0.1, 0.15) is 52.9 Å². The van der Waals surface area contributed by atoms with Crippen molar-refractivity contribution in [2.24, 2.45) is 0 Å². The van der Waals surface area contributed by atoms with E-state index in [0.717, 1.165) is 12.5 Å². The molecule has 1 radical (unpaired) electrons. The molecule has 67 valence electrons. The molecule has 0 aromatic carbocycles. The second-order valence-electron chi connectivity index (χ2n) is 3.05. The van der Waals surface area contributed by atoms with Crippen LogP contribution in [0.4, 0.5) is 0 Å². The molecule has 0 saturated heterocycles. The van der Waals surface area contributed by atoms with Gasteiger partial charge in [-0.25, -0.2) is 0 Å². The summed E-state index contributed by atoms with van der Waals surface area (Å²) in [5, 5.41) is 3.45. The van der Waals surface area contributed by atoms with E-state index in [1.807, 2.05) is 0 Å². The fraction of sp³-hybridized carbons (Fsp3) is 0.900. The molecule has 0 aliphatic rings. The van der Waals surface area contributed by atoms with E-state index in [-0.39, 0.29) is 0 Å². The summed E-state index contributed by atoms with van der Waals surface area (Å²) in [5.74, 6) is 0. The number of hydrogen-bond acceptors (Lipinski definition) is 1. The molecule has 0 aliphatic carbocycles. The van der Waals surface area contributed by atoms with Crippen LogP contribution in [0, 0.1) is 6.54 Å². The maximum atomic E-state index is 3.45. The lowest BCUT2D eigenvalue weighted by atomic mass is 10.1. The summed E-state index contributed by atoms with van der Waals surface area (Å²) < 4.78 is 0. The van der Waals surface area contributed by atoms with Crippen LogP contribution in [0.5, 0.6) is 0 Å². The van der Waals surface area contributed by atoms with E-state index >= 15 is 0 Å². The van der Waals surface area contributed by atoms with Gasteiger partial charge in [0.15, 0.2) is 0 Å². The first-order chi connectivity index (χ1) is 5.35. The Morgan fingerprint density at radius 1 is 1.09 bits per heavy atom. The van der Waals surface area contributed by atoms with Gasteiger partial charge in [0.2, 0.25) is 0 Å². The van der Waals surface area contributed by atoms with E-state index in [4.69, 9.17) is 0 Å². The molecular formula is C10H22N. The maximum Gasteiger partial charge on any atom is 0.0221 e. The van der Waals surface area contributed by atoms with E-state index in [2.05, 4.69) is 32.6 Å². The quantitative estimate of drug-likeness (QED) is 0.597. The smallest absolute Gasteiger partial charge is 0.0221 e. The third-order valence-corrected chi connectivity index (χ3v) is 1.83. The molecule has 0 saturated carbocycles. The van der Waals surface area contributed by atoms with Crippen LogP contribution in [0.2, 0.25) is 0 Å². The van der Waals surface area contributed by atoms with Gasteiger partial charge >= 0.3 is 0 Å². The van der Waals surface area contributed by atoms with Crippen molar-refractivity contribution in [3.05, 3.63) is 6.54 Å². The standard InChI is InChI=1S/C10H22N/c1-4-7-10(8-5-2)11-9-6-3/h9-11H,4-8H2,1-3H3. The van der Waals surface area contributed by atoms with Crippen LogP contribution in [0.15, 0.2) is 0 Å². The van der Waals surface area contributed by atoms with Crippen LogP contribution >= 0.6 is 0 Å². The highest BCUT2D eigenvalue weighted by atomic mass is 14.9. The Bertz CT molecular complexity index is 65.3. The largest absolute Gasteiger partial charge is 0.310 e. The molecule has 0 heterocycles. The van der Waals surface area contributed by atoms with Crippen molar-refractivity contribution in [2.45, 2.75) is 58.9 Å². The summed E-state index contributed by atoms with van der Waals surface area (Å²) in [6.45, 7) is 8.84. The Kier molecular flexibility index (Phi) is 8.03. The minimum Gasteiger partial charge on any atom is -0.310 e. The lowest BCUT2D eigenvalue weighted by molar-refractivity contribution is 0.472. The molecule has 1 N–H and O–H groups in total. The molecule has 0 unspecified atom stereocenters. The third kappa shape index (κ3) is 6.36. The van der Waals surface area contributed by atoms with Crippen molar-refractivity contribution in [3.63, 3.8) is 0 Å². The van der Waals surface area contributed by atoms with E-state index in [1.165, 1.54) is 25.7 Å². The molecule has 0 aromatic rings. The molecule has 1 heteroatoms. The Hall–Kier alpha value is -0.0400. The summed E-state index contributed by atoms with van der Waals surface area (Å²) >= 11 is 0. The highest BCUT2D eigenvalue weighted by Gasteiger charge is 2.03. The van der Waals surface area contributed by atoms with Gasteiger partial charge in [-0.15, -0.1) is 0 Å². The van der Waals surface area contributed by atoms with Crippen LogP contribution in [0.3, 0.4) is 0 Å². The highest BCUT2D eigenvalue weighted by molar-refractivity contribution is 4.70. The second kappa shape index (κ2) is 8.06. The molecule has 1 nitrogen and oxygen atoms in total. The van der Waals surface area contributed by atoms with Gasteiger partial charge in [-0.1, -0.05) is 33.6 Å². The fourth-order valence-electron chi connectivity index (χ4n) is 1.29. The number of nitrogens with one attached hydrogen (secondary N) is 1. The zero-order valence-electron chi connectivity index (χ0n) is 8.19. The molecule has 0 aromatic heterocycles. The molecule has 0 atom stereocenters. The van der Waals surface area contributed by atoms with Gasteiger partial charge in [-0.3, -0.25) is 0 Å². The number of hydrogen-bond donors (Lipinski definition) is 1. The summed E-state index contributed by atoms with van der Waals surface area (Å²) in [5.41, 5.74) is 0. The van der Waals surface area contributed by atoms with E-state index < -0.39 is 0 Å². The van der Waals surface area contributed by atoms with E-state index in [0.29, 0.717) is 0 Å². The summed E-state index contributed by atoms with van der Waals surface area (Å²) in [7, 11) is 0. The van der Waals surface area contributed by atoms with Crippen molar-refractivity contribution < 1.29 is 0 Å². The van der Waals surface area contributed by atoms with Crippen molar-refractivity contribution in [3.8, 4) is 0 Å². The van der Waals surface area contributed by atoms with Crippen molar-refractivity contribution in [1.82, 2.24) is 5.32 Å². The van der Waals surface area contributed by atoms with Gasteiger partial charge in [0, 0.05) is 12.6 Å². The third-order valence-electron chi connectivity index (χ3n) is 1.83. The maximum absolute atomic E-state index is 3.45. The van der Waals surface area contributed by atoms with Gasteiger partial charge in [0.25, 0.3) is 0 Å². The van der Waals surface area contributed by atoms with Crippen molar-refractivity contribution in [1.29, 1.82) is 0 Å². The van der Waals surface area contributed by atoms with Crippen LogP contribution in [-0.2, 0) is 0 Å². The topological polar surface area (TPSA) is 12.0 Å². The van der Waals surface area contributed by atoms with Gasteiger partial charge in [0.1, 0.15) is 0 Å². The lowest BCUT2D eigenvalue weighted by Gasteiger charge is -2.15.